The summed E-state index contributed by atoms with van der Waals surface area (Å²) in [7, 11) is 0. The Morgan fingerprint density at radius 1 is 1.31 bits per heavy atom. The van der Waals surface area contributed by atoms with Crippen LogP contribution in [0.25, 0.3) is 0 Å². The molecular weight excluding hydrogens is 202 g/mol. The molecule has 1 aliphatic rings. The van der Waals surface area contributed by atoms with Crippen LogP contribution in [-0.4, -0.2) is 11.2 Å². The predicted molar refractivity (Wildman–Crippen MR) is 59.7 cm³/mol. The predicted octanol–water partition coefficient (Wildman–Crippen LogP) is 2.25. The van der Waals surface area contributed by atoms with Crippen LogP contribution in [0.3, 0.4) is 0 Å². The Kier molecular flexibility index (Phi) is 3.43. The molecule has 2 atom stereocenters. The molecule has 0 amide bonds. The van der Waals surface area contributed by atoms with Crippen LogP contribution in [0, 0.1) is 17.2 Å². The molecular formula is C13H15NO2. The van der Waals surface area contributed by atoms with Gasteiger partial charge in [0.05, 0.1) is 18.6 Å². The summed E-state index contributed by atoms with van der Waals surface area (Å²) in [5.74, 6) is 0.807. The van der Waals surface area contributed by atoms with Gasteiger partial charge in [-0.15, -0.1) is 0 Å². The van der Waals surface area contributed by atoms with Crippen molar-refractivity contribution in [1.29, 1.82) is 5.26 Å². The van der Waals surface area contributed by atoms with Crippen LogP contribution in [0.4, 0.5) is 0 Å². The molecule has 1 aliphatic carbocycles. The normalized spacial score (nSPS) is 24.0. The van der Waals surface area contributed by atoms with Crippen molar-refractivity contribution < 1.29 is 9.84 Å². The third-order valence-corrected chi connectivity index (χ3v) is 3.01. The molecule has 0 heterocycles. The number of aliphatic hydroxyl groups excluding tert-OH is 1. The van der Waals surface area contributed by atoms with Crippen LogP contribution in [0.1, 0.15) is 24.8 Å². The van der Waals surface area contributed by atoms with E-state index in [2.05, 4.69) is 6.07 Å². The van der Waals surface area contributed by atoms with E-state index < -0.39 is 0 Å². The first kappa shape index (κ1) is 11.0. The number of aliphatic hydroxyl groups is 1. The summed E-state index contributed by atoms with van der Waals surface area (Å²) in [5.41, 5.74) is 0.871. The van der Waals surface area contributed by atoms with Gasteiger partial charge in [0.1, 0.15) is 11.9 Å². The number of nitriles is 1. The van der Waals surface area contributed by atoms with Crippen molar-refractivity contribution in [2.75, 3.05) is 0 Å². The first-order chi connectivity index (χ1) is 7.83. The lowest BCUT2D eigenvalue weighted by molar-refractivity contribution is 0.182. The van der Waals surface area contributed by atoms with Gasteiger partial charge in [-0.3, -0.25) is 0 Å². The quantitative estimate of drug-likeness (QED) is 0.844. The van der Waals surface area contributed by atoms with Gasteiger partial charge in [0.2, 0.25) is 0 Å². The van der Waals surface area contributed by atoms with E-state index >= 15 is 0 Å². The second kappa shape index (κ2) is 5.00. The number of benzene rings is 1. The Morgan fingerprint density at radius 3 is 2.69 bits per heavy atom. The average molecular weight is 217 g/mol. The molecule has 0 spiro atoms. The van der Waals surface area contributed by atoms with Gasteiger partial charge in [-0.25, -0.2) is 0 Å². The fraction of sp³-hybridized carbons (Fsp3) is 0.462. The zero-order chi connectivity index (χ0) is 11.4. The molecule has 0 saturated heterocycles. The number of rotatable bonds is 3. The summed E-state index contributed by atoms with van der Waals surface area (Å²) in [6.45, 7) is 0.0462. The number of hydrogen-bond donors (Lipinski definition) is 1. The van der Waals surface area contributed by atoms with Crippen molar-refractivity contribution in [1.82, 2.24) is 0 Å². The first-order valence-corrected chi connectivity index (χ1v) is 5.59. The highest BCUT2D eigenvalue weighted by Crippen LogP contribution is 2.29. The van der Waals surface area contributed by atoms with Gasteiger partial charge in [-0.2, -0.15) is 5.26 Å². The summed E-state index contributed by atoms with van der Waals surface area (Å²) in [6, 6.07) is 9.66. The molecule has 0 radical (unpaired) electrons. The van der Waals surface area contributed by atoms with Gasteiger partial charge in [-0.05, 0) is 37.0 Å². The highest BCUT2D eigenvalue weighted by atomic mass is 16.5. The minimum absolute atomic E-state index is 0.0255. The number of nitrogens with zero attached hydrogens (tertiary/aromatic N) is 1. The van der Waals surface area contributed by atoms with Gasteiger partial charge in [0.15, 0.2) is 0 Å². The van der Waals surface area contributed by atoms with Crippen LogP contribution in [0.5, 0.6) is 5.75 Å². The third-order valence-electron chi connectivity index (χ3n) is 3.01. The Bertz CT molecular complexity index is 380. The second-order valence-corrected chi connectivity index (χ2v) is 4.12. The van der Waals surface area contributed by atoms with Gasteiger partial charge >= 0.3 is 0 Å². The summed E-state index contributed by atoms with van der Waals surface area (Å²) < 4.78 is 5.77. The van der Waals surface area contributed by atoms with E-state index in [1.165, 1.54) is 0 Å². The molecule has 1 aromatic rings. The number of ether oxygens (including phenoxy) is 1. The first-order valence-electron chi connectivity index (χ1n) is 5.59. The molecule has 3 nitrogen and oxygen atoms in total. The maximum absolute atomic E-state index is 8.93. The highest BCUT2D eigenvalue weighted by molar-refractivity contribution is 5.27. The monoisotopic (exact) mass is 217 g/mol. The van der Waals surface area contributed by atoms with Gasteiger partial charge in [-0.1, -0.05) is 12.1 Å². The van der Waals surface area contributed by atoms with Crippen molar-refractivity contribution in [2.45, 2.75) is 32.0 Å². The molecule has 1 N–H and O–H groups in total. The van der Waals surface area contributed by atoms with Gasteiger partial charge < -0.3 is 9.84 Å². The fourth-order valence-corrected chi connectivity index (χ4v) is 2.06. The summed E-state index contributed by atoms with van der Waals surface area (Å²) in [4.78, 5) is 0. The largest absolute Gasteiger partial charge is 0.489 e. The second-order valence-electron chi connectivity index (χ2n) is 4.12. The number of hydrogen-bond acceptors (Lipinski definition) is 3. The molecule has 84 valence electrons. The minimum Gasteiger partial charge on any atom is -0.489 e. The molecule has 2 rings (SSSR count). The smallest absolute Gasteiger partial charge is 0.119 e. The van der Waals surface area contributed by atoms with Crippen LogP contribution in [0.2, 0.25) is 0 Å². The summed E-state index contributed by atoms with van der Waals surface area (Å²) in [5, 5.41) is 17.8. The Hall–Kier alpha value is -1.53. The lowest BCUT2D eigenvalue weighted by Crippen LogP contribution is -2.19. The van der Waals surface area contributed by atoms with Crippen molar-refractivity contribution in [3.8, 4) is 11.8 Å². The zero-order valence-electron chi connectivity index (χ0n) is 9.10. The summed E-state index contributed by atoms with van der Waals surface area (Å²) >= 11 is 0. The van der Waals surface area contributed by atoms with E-state index in [9.17, 15) is 0 Å². The maximum atomic E-state index is 8.93. The molecule has 1 saturated carbocycles. The van der Waals surface area contributed by atoms with E-state index in [1.807, 2.05) is 24.3 Å². The van der Waals surface area contributed by atoms with Crippen LogP contribution in [-0.2, 0) is 6.61 Å². The molecule has 1 fully saturated rings. The lowest BCUT2D eigenvalue weighted by Gasteiger charge is -2.16. The van der Waals surface area contributed by atoms with E-state index in [1.54, 1.807) is 0 Å². The van der Waals surface area contributed by atoms with Crippen molar-refractivity contribution in [2.24, 2.45) is 5.92 Å². The highest BCUT2D eigenvalue weighted by Gasteiger charge is 2.28. The van der Waals surface area contributed by atoms with E-state index in [-0.39, 0.29) is 18.6 Å². The van der Waals surface area contributed by atoms with Gasteiger partial charge in [0.25, 0.3) is 0 Å². The Morgan fingerprint density at radius 2 is 2.06 bits per heavy atom. The van der Waals surface area contributed by atoms with Crippen molar-refractivity contribution >= 4 is 0 Å². The average Bonchev–Trinajstić information content (AvgIpc) is 2.77. The topological polar surface area (TPSA) is 53.2 Å². The van der Waals surface area contributed by atoms with Gasteiger partial charge in [0, 0.05) is 0 Å². The molecule has 2 unspecified atom stereocenters. The van der Waals surface area contributed by atoms with E-state index in [0.717, 1.165) is 30.6 Å². The molecule has 0 aliphatic heterocycles. The van der Waals surface area contributed by atoms with Crippen LogP contribution in [0.15, 0.2) is 24.3 Å². The molecule has 0 aromatic heterocycles. The molecule has 16 heavy (non-hydrogen) atoms. The fourth-order valence-electron chi connectivity index (χ4n) is 2.06. The maximum Gasteiger partial charge on any atom is 0.119 e. The van der Waals surface area contributed by atoms with E-state index in [4.69, 9.17) is 15.1 Å². The third kappa shape index (κ3) is 2.34. The Balaban J connectivity index is 2.01. The molecule has 0 bridgehead atoms. The van der Waals surface area contributed by atoms with Crippen LogP contribution >= 0.6 is 0 Å². The molecule has 1 aromatic carbocycles. The van der Waals surface area contributed by atoms with E-state index in [0.29, 0.717) is 0 Å². The standard InChI is InChI=1S/C13H15NO2/c14-8-11-2-1-3-13(11)16-12-6-4-10(9-15)5-7-12/h4-7,11,13,15H,1-3,9H2. The van der Waals surface area contributed by atoms with Crippen molar-refractivity contribution in [3.05, 3.63) is 29.8 Å². The Labute approximate surface area is 95.3 Å². The minimum atomic E-state index is 0.0255. The van der Waals surface area contributed by atoms with Crippen LogP contribution < -0.4 is 4.74 Å². The SMILES string of the molecule is N#CC1CCCC1Oc1ccc(CO)cc1. The summed E-state index contributed by atoms with van der Waals surface area (Å²) in [6.07, 6.45) is 3.00. The van der Waals surface area contributed by atoms with Crippen molar-refractivity contribution in [3.63, 3.8) is 0 Å². The molecule has 3 heteroatoms. The lowest BCUT2D eigenvalue weighted by atomic mass is 10.1. The zero-order valence-corrected chi connectivity index (χ0v) is 9.10.